The Bertz CT molecular complexity index is 805. The molecule has 0 bridgehead atoms. The molecule has 1 unspecified atom stereocenters. The molecule has 0 aliphatic rings. The molecule has 0 spiro atoms. The number of carbonyl (C=O) groups excluding carboxylic acids is 1. The molecule has 0 heterocycles. The van der Waals surface area contributed by atoms with Crippen molar-refractivity contribution in [1.29, 1.82) is 0 Å². The second kappa shape index (κ2) is 8.23. The van der Waals surface area contributed by atoms with Crippen LogP contribution in [-0.4, -0.2) is 25.8 Å². The lowest BCUT2D eigenvalue weighted by atomic mass is 9.98. The van der Waals surface area contributed by atoms with E-state index >= 15 is 0 Å². The highest BCUT2D eigenvalue weighted by molar-refractivity contribution is 7.88. The lowest BCUT2D eigenvalue weighted by molar-refractivity contribution is -0.129. The molecule has 0 radical (unpaired) electrons. The Balaban J connectivity index is 2.13. The van der Waals surface area contributed by atoms with Gasteiger partial charge < -0.3 is 0 Å². The summed E-state index contributed by atoms with van der Waals surface area (Å²) in [5.74, 6) is -0.437. The van der Waals surface area contributed by atoms with Gasteiger partial charge in [0.15, 0.2) is 0 Å². The fraction of sp³-hybridized carbons (Fsp3) is 0.353. The van der Waals surface area contributed by atoms with Crippen LogP contribution in [0.1, 0.15) is 37.3 Å². The van der Waals surface area contributed by atoms with E-state index in [4.69, 9.17) is 5.21 Å². The van der Waals surface area contributed by atoms with Crippen LogP contribution in [0.25, 0.3) is 10.8 Å². The molecular formula is C17H22N2O4S. The molecule has 0 aliphatic carbocycles. The third kappa shape index (κ3) is 5.59. The summed E-state index contributed by atoms with van der Waals surface area (Å²) in [7, 11) is -3.35. The van der Waals surface area contributed by atoms with E-state index in [2.05, 4.69) is 4.72 Å². The van der Waals surface area contributed by atoms with Crippen LogP contribution in [0.4, 0.5) is 0 Å². The van der Waals surface area contributed by atoms with Crippen LogP contribution in [0.3, 0.4) is 0 Å². The van der Waals surface area contributed by atoms with E-state index in [0.29, 0.717) is 19.3 Å². The highest BCUT2D eigenvalue weighted by atomic mass is 32.2. The largest absolute Gasteiger partial charge is 0.289 e. The number of rotatable bonds is 8. The summed E-state index contributed by atoms with van der Waals surface area (Å²) in [6, 6.07) is 13.4. The van der Waals surface area contributed by atoms with Gasteiger partial charge in [0, 0.05) is 12.5 Å². The maximum atomic E-state index is 11.7. The van der Waals surface area contributed by atoms with Crippen molar-refractivity contribution < 1.29 is 18.4 Å². The Morgan fingerprint density at radius 1 is 1.12 bits per heavy atom. The highest BCUT2D eigenvalue weighted by Crippen LogP contribution is 2.25. The van der Waals surface area contributed by atoms with E-state index in [1.807, 2.05) is 42.5 Å². The van der Waals surface area contributed by atoms with Gasteiger partial charge in [-0.05, 0) is 35.2 Å². The van der Waals surface area contributed by atoms with Crippen LogP contribution < -0.4 is 10.2 Å². The van der Waals surface area contributed by atoms with Crippen molar-refractivity contribution in [1.82, 2.24) is 10.2 Å². The van der Waals surface area contributed by atoms with Gasteiger partial charge in [0.25, 0.3) is 0 Å². The predicted octanol–water partition coefficient (Wildman–Crippen LogP) is 2.50. The quantitative estimate of drug-likeness (QED) is 0.387. The van der Waals surface area contributed by atoms with Crippen molar-refractivity contribution in [2.75, 3.05) is 6.26 Å². The molecule has 0 saturated heterocycles. The third-order valence-corrected chi connectivity index (χ3v) is 4.52. The van der Waals surface area contributed by atoms with Crippen molar-refractivity contribution in [3.8, 4) is 0 Å². The molecule has 7 heteroatoms. The summed E-state index contributed by atoms with van der Waals surface area (Å²) in [5.41, 5.74) is 2.49. The SMILES string of the molecule is CS(=O)(=O)NC(CCCCC(=O)NO)c1ccc2ccccc2c1. The van der Waals surface area contributed by atoms with E-state index in [0.717, 1.165) is 22.6 Å². The molecule has 1 amide bonds. The highest BCUT2D eigenvalue weighted by Gasteiger charge is 2.16. The first-order valence-electron chi connectivity index (χ1n) is 7.78. The number of hydrogen-bond donors (Lipinski definition) is 3. The molecule has 0 saturated carbocycles. The number of fused-ring (bicyclic) bond motifs is 1. The zero-order valence-corrected chi connectivity index (χ0v) is 14.3. The molecule has 1 atom stereocenters. The minimum Gasteiger partial charge on any atom is -0.289 e. The second-order valence-corrected chi connectivity index (χ2v) is 7.61. The molecule has 0 aliphatic heterocycles. The Morgan fingerprint density at radius 3 is 2.50 bits per heavy atom. The van der Waals surface area contributed by atoms with Crippen molar-refractivity contribution in [2.24, 2.45) is 0 Å². The van der Waals surface area contributed by atoms with Gasteiger partial charge in [-0.1, -0.05) is 42.8 Å². The molecule has 2 aromatic rings. The Kier molecular flexibility index (Phi) is 6.30. The third-order valence-electron chi connectivity index (χ3n) is 3.80. The summed E-state index contributed by atoms with van der Waals surface area (Å²) >= 11 is 0. The molecule has 0 fully saturated rings. The first-order valence-corrected chi connectivity index (χ1v) is 9.67. The minimum absolute atomic E-state index is 0.208. The van der Waals surface area contributed by atoms with Crippen LogP contribution >= 0.6 is 0 Å². The minimum atomic E-state index is -3.35. The zero-order valence-electron chi connectivity index (χ0n) is 13.5. The zero-order chi connectivity index (χ0) is 17.6. The number of sulfonamides is 1. The van der Waals surface area contributed by atoms with Gasteiger partial charge in [-0.15, -0.1) is 0 Å². The van der Waals surface area contributed by atoms with Crippen LogP contribution in [0.15, 0.2) is 42.5 Å². The summed E-state index contributed by atoms with van der Waals surface area (Å²) in [6.07, 6.45) is 3.15. The van der Waals surface area contributed by atoms with E-state index in [-0.39, 0.29) is 12.5 Å². The predicted molar refractivity (Wildman–Crippen MR) is 93.1 cm³/mol. The lowest BCUT2D eigenvalue weighted by Crippen LogP contribution is -2.27. The molecule has 2 aromatic carbocycles. The van der Waals surface area contributed by atoms with Gasteiger partial charge in [0.2, 0.25) is 15.9 Å². The molecule has 24 heavy (non-hydrogen) atoms. The molecule has 6 nitrogen and oxygen atoms in total. The number of benzene rings is 2. The summed E-state index contributed by atoms with van der Waals surface area (Å²) < 4.78 is 26.0. The number of unbranched alkanes of at least 4 members (excludes halogenated alkanes) is 1. The van der Waals surface area contributed by atoms with E-state index in [1.54, 1.807) is 5.48 Å². The summed E-state index contributed by atoms with van der Waals surface area (Å²) in [5, 5.41) is 10.6. The smallest absolute Gasteiger partial charge is 0.243 e. The first-order chi connectivity index (χ1) is 11.4. The number of nitrogens with one attached hydrogen (secondary N) is 2. The van der Waals surface area contributed by atoms with E-state index in [9.17, 15) is 13.2 Å². The molecule has 0 aromatic heterocycles. The molecule has 2 rings (SSSR count). The fourth-order valence-electron chi connectivity index (χ4n) is 2.67. The average Bonchev–Trinajstić information content (AvgIpc) is 2.55. The van der Waals surface area contributed by atoms with E-state index in [1.165, 1.54) is 0 Å². The van der Waals surface area contributed by atoms with Crippen LogP contribution in [0.5, 0.6) is 0 Å². The van der Waals surface area contributed by atoms with Gasteiger partial charge in [-0.3, -0.25) is 10.0 Å². The van der Waals surface area contributed by atoms with Crippen LogP contribution in [-0.2, 0) is 14.8 Å². The Morgan fingerprint density at radius 2 is 1.83 bits per heavy atom. The van der Waals surface area contributed by atoms with Crippen molar-refractivity contribution in [2.45, 2.75) is 31.7 Å². The number of hydroxylamine groups is 1. The van der Waals surface area contributed by atoms with Crippen LogP contribution in [0, 0.1) is 0 Å². The standard InChI is InChI=1S/C17H22N2O4S/c1-24(22,23)19-16(8-4-5-9-17(20)18-21)15-11-10-13-6-2-3-7-14(13)12-15/h2-3,6-7,10-12,16,19,21H,4-5,8-9H2,1H3,(H,18,20). The van der Waals surface area contributed by atoms with Crippen molar-refractivity contribution in [3.63, 3.8) is 0 Å². The summed E-state index contributed by atoms with van der Waals surface area (Å²) in [4.78, 5) is 11.0. The normalized spacial score (nSPS) is 12.9. The lowest BCUT2D eigenvalue weighted by Gasteiger charge is -2.18. The monoisotopic (exact) mass is 350 g/mol. The molecule has 3 N–H and O–H groups in total. The maximum absolute atomic E-state index is 11.7. The van der Waals surface area contributed by atoms with Gasteiger partial charge in [0.1, 0.15) is 0 Å². The van der Waals surface area contributed by atoms with E-state index < -0.39 is 15.9 Å². The van der Waals surface area contributed by atoms with Crippen LogP contribution in [0.2, 0.25) is 0 Å². The first kappa shape index (κ1) is 18.4. The second-order valence-electron chi connectivity index (χ2n) is 5.83. The van der Waals surface area contributed by atoms with Gasteiger partial charge in [0.05, 0.1) is 6.26 Å². The number of amides is 1. The van der Waals surface area contributed by atoms with Crippen molar-refractivity contribution in [3.05, 3.63) is 48.0 Å². The molecule has 130 valence electrons. The molecular weight excluding hydrogens is 328 g/mol. The Labute approximate surface area is 141 Å². The fourth-order valence-corrected chi connectivity index (χ4v) is 3.44. The number of hydrogen-bond acceptors (Lipinski definition) is 4. The van der Waals surface area contributed by atoms with Gasteiger partial charge in [-0.25, -0.2) is 18.6 Å². The average molecular weight is 350 g/mol. The number of carbonyl (C=O) groups is 1. The van der Waals surface area contributed by atoms with Crippen molar-refractivity contribution >= 4 is 26.7 Å². The summed E-state index contributed by atoms with van der Waals surface area (Å²) in [6.45, 7) is 0. The van der Waals surface area contributed by atoms with Gasteiger partial charge in [-0.2, -0.15) is 0 Å². The van der Waals surface area contributed by atoms with Gasteiger partial charge >= 0.3 is 0 Å². The maximum Gasteiger partial charge on any atom is 0.243 e. The Hall–Kier alpha value is -1.96. The topological polar surface area (TPSA) is 95.5 Å².